The average molecular weight is 425 g/mol. The van der Waals surface area contributed by atoms with Crippen molar-refractivity contribution < 1.29 is 13.5 Å². The first-order valence-corrected chi connectivity index (χ1v) is 10.7. The highest BCUT2D eigenvalue weighted by atomic mass is 35.5. The summed E-state index contributed by atoms with van der Waals surface area (Å²) in [5.41, 5.74) is 1.03. The van der Waals surface area contributed by atoms with Crippen LogP contribution in [0.2, 0.25) is 5.02 Å². The Morgan fingerprint density at radius 3 is 2.50 bits per heavy atom. The highest BCUT2D eigenvalue weighted by Gasteiger charge is 2.14. The van der Waals surface area contributed by atoms with Gasteiger partial charge in [0.05, 0.1) is 11.5 Å². The lowest BCUT2D eigenvalue weighted by Gasteiger charge is -2.18. The van der Waals surface area contributed by atoms with Crippen molar-refractivity contribution >= 4 is 27.6 Å². The SMILES string of the molecule is CN=C(NCCNS(=O)(=O)c1cccc(Cl)c1)NCC(CO)c1ccccc1. The molecule has 4 N–H and O–H groups in total. The molecule has 7 nitrogen and oxygen atoms in total. The van der Waals surface area contributed by atoms with Crippen LogP contribution >= 0.6 is 11.6 Å². The van der Waals surface area contributed by atoms with E-state index in [-0.39, 0.29) is 24.0 Å². The van der Waals surface area contributed by atoms with Crippen molar-refractivity contribution in [3.8, 4) is 0 Å². The van der Waals surface area contributed by atoms with Gasteiger partial charge in [-0.1, -0.05) is 48.0 Å². The minimum Gasteiger partial charge on any atom is -0.396 e. The number of guanidine groups is 1. The molecule has 0 fully saturated rings. The molecule has 0 amide bonds. The van der Waals surface area contributed by atoms with E-state index in [4.69, 9.17) is 11.6 Å². The minimum absolute atomic E-state index is 0.00738. The quantitative estimate of drug-likeness (QED) is 0.278. The van der Waals surface area contributed by atoms with Gasteiger partial charge in [0.1, 0.15) is 0 Å². The molecule has 2 aromatic rings. The van der Waals surface area contributed by atoms with Gasteiger partial charge in [0, 0.05) is 37.6 Å². The monoisotopic (exact) mass is 424 g/mol. The Morgan fingerprint density at radius 2 is 1.86 bits per heavy atom. The number of aliphatic hydroxyl groups is 1. The first-order valence-electron chi connectivity index (χ1n) is 8.82. The molecule has 0 aliphatic rings. The predicted molar refractivity (Wildman–Crippen MR) is 112 cm³/mol. The molecule has 152 valence electrons. The molecular formula is C19H25ClN4O3S. The van der Waals surface area contributed by atoms with Gasteiger partial charge in [0.25, 0.3) is 0 Å². The maximum Gasteiger partial charge on any atom is 0.240 e. The van der Waals surface area contributed by atoms with Crippen molar-refractivity contribution in [3.05, 3.63) is 65.2 Å². The molecule has 0 aliphatic heterocycles. The Hall–Kier alpha value is -2.13. The number of hydrogen-bond acceptors (Lipinski definition) is 4. The van der Waals surface area contributed by atoms with E-state index < -0.39 is 10.0 Å². The van der Waals surface area contributed by atoms with Gasteiger partial charge in [-0.25, -0.2) is 13.1 Å². The van der Waals surface area contributed by atoms with E-state index in [0.29, 0.717) is 24.1 Å². The lowest BCUT2D eigenvalue weighted by Crippen LogP contribution is -2.43. The smallest absolute Gasteiger partial charge is 0.240 e. The molecule has 0 saturated carbocycles. The number of hydrogen-bond donors (Lipinski definition) is 4. The molecule has 0 bridgehead atoms. The van der Waals surface area contributed by atoms with Crippen LogP contribution in [0.5, 0.6) is 0 Å². The van der Waals surface area contributed by atoms with Crippen molar-refractivity contribution in [2.75, 3.05) is 33.3 Å². The van der Waals surface area contributed by atoms with Gasteiger partial charge in [0.15, 0.2) is 5.96 Å². The third-order valence-electron chi connectivity index (χ3n) is 4.05. The molecule has 0 radical (unpaired) electrons. The van der Waals surface area contributed by atoms with Crippen LogP contribution in [0.25, 0.3) is 0 Å². The molecule has 2 rings (SSSR count). The molecule has 0 saturated heterocycles. The minimum atomic E-state index is -3.62. The molecule has 28 heavy (non-hydrogen) atoms. The lowest BCUT2D eigenvalue weighted by atomic mass is 10.0. The first kappa shape index (κ1) is 22.2. The number of sulfonamides is 1. The fourth-order valence-corrected chi connectivity index (χ4v) is 3.87. The van der Waals surface area contributed by atoms with Crippen LogP contribution in [-0.4, -0.2) is 52.8 Å². The number of rotatable bonds is 9. The average Bonchev–Trinajstić information content (AvgIpc) is 2.70. The number of halogens is 1. The van der Waals surface area contributed by atoms with Gasteiger partial charge >= 0.3 is 0 Å². The summed E-state index contributed by atoms with van der Waals surface area (Å²) >= 11 is 5.84. The van der Waals surface area contributed by atoms with Gasteiger partial charge in [-0.15, -0.1) is 0 Å². The maximum absolute atomic E-state index is 12.2. The summed E-state index contributed by atoms with van der Waals surface area (Å²) in [6.07, 6.45) is 0. The zero-order valence-electron chi connectivity index (χ0n) is 15.6. The van der Waals surface area contributed by atoms with E-state index in [1.54, 1.807) is 19.2 Å². The maximum atomic E-state index is 12.2. The second-order valence-electron chi connectivity index (χ2n) is 6.03. The Morgan fingerprint density at radius 1 is 1.11 bits per heavy atom. The van der Waals surface area contributed by atoms with Crippen molar-refractivity contribution in [2.45, 2.75) is 10.8 Å². The zero-order valence-corrected chi connectivity index (χ0v) is 17.2. The van der Waals surface area contributed by atoms with Crippen LogP contribution in [0.4, 0.5) is 0 Å². The molecule has 0 aromatic heterocycles. The summed E-state index contributed by atoms with van der Waals surface area (Å²) in [4.78, 5) is 4.23. The Balaban J connectivity index is 1.79. The van der Waals surface area contributed by atoms with Gasteiger partial charge in [0.2, 0.25) is 10.0 Å². The summed E-state index contributed by atoms with van der Waals surface area (Å²) in [6.45, 7) is 1.02. The third-order valence-corrected chi connectivity index (χ3v) is 5.74. The van der Waals surface area contributed by atoms with Crippen LogP contribution in [0.3, 0.4) is 0 Å². The third kappa shape index (κ3) is 6.79. The van der Waals surface area contributed by atoms with Crippen molar-refractivity contribution in [2.24, 2.45) is 4.99 Å². The number of nitrogens with one attached hydrogen (secondary N) is 3. The number of nitrogens with zero attached hydrogens (tertiary/aromatic N) is 1. The molecule has 0 spiro atoms. The van der Waals surface area contributed by atoms with Gasteiger partial charge in [-0.3, -0.25) is 4.99 Å². The van der Waals surface area contributed by atoms with Crippen LogP contribution in [0.1, 0.15) is 11.5 Å². The van der Waals surface area contributed by atoms with Crippen LogP contribution in [0, 0.1) is 0 Å². The summed E-state index contributed by atoms with van der Waals surface area (Å²) in [5, 5.41) is 16.2. The zero-order chi connectivity index (χ0) is 20.4. The van der Waals surface area contributed by atoms with Crippen LogP contribution < -0.4 is 15.4 Å². The lowest BCUT2D eigenvalue weighted by molar-refractivity contribution is 0.265. The molecule has 0 aliphatic carbocycles. The van der Waals surface area contributed by atoms with Gasteiger partial charge in [-0.05, 0) is 23.8 Å². The van der Waals surface area contributed by atoms with Crippen molar-refractivity contribution in [1.82, 2.24) is 15.4 Å². The summed E-state index contributed by atoms with van der Waals surface area (Å²) in [5.74, 6) is 0.456. The normalized spacial score (nSPS) is 13.2. The van der Waals surface area contributed by atoms with Crippen LogP contribution in [-0.2, 0) is 10.0 Å². The number of aliphatic hydroxyl groups excluding tert-OH is 1. The van der Waals surface area contributed by atoms with E-state index >= 15 is 0 Å². The Labute approximate surface area is 170 Å². The van der Waals surface area contributed by atoms with Gasteiger partial charge < -0.3 is 15.7 Å². The topological polar surface area (TPSA) is 103 Å². The second-order valence-corrected chi connectivity index (χ2v) is 8.23. The fourth-order valence-electron chi connectivity index (χ4n) is 2.54. The van der Waals surface area contributed by atoms with Gasteiger partial charge in [-0.2, -0.15) is 0 Å². The highest BCUT2D eigenvalue weighted by Crippen LogP contribution is 2.15. The fraction of sp³-hybridized carbons (Fsp3) is 0.316. The molecular weight excluding hydrogens is 400 g/mol. The molecule has 1 atom stereocenters. The van der Waals surface area contributed by atoms with E-state index in [0.717, 1.165) is 5.56 Å². The summed E-state index contributed by atoms with van der Waals surface area (Å²) < 4.78 is 27.0. The molecule has 9 heteroatoms. The van der Waals surface area contributed by atoms with Crippen molar-refractivity contribution in [1.29, 1.82) is 0 Å². The highest BCUT2D eigenvalue weighted by molar-refractivity contribution is 7.89. The summed E-state index contributed by atoms with van der Waals surface area (Å²) in [6, 6.07) is 15.8. The van der Waals surface area contributed by atoms with E-state index in [1.807, 2.05) is 30.3 Å². The predicted octanol–water partition coefficient (Wildman–Crippen LogP) is 1.56. The van der Waals surface area contributed by atoms with Crippen molar-refractivity contribution in [3.63, 3.8) is 0 Å². The van der Waals surface area contributed by atoms with Crippen LogP contribution in [0.15, 0.2) is 64.5 Å². The Bertz CT molecular complexity index is 876. The largest absolute Gasteiger partial charge is 0.396 e. The molecule has 2 aromatic carbocycles. The number of aliphatic imine (C=N–C) groups is 1. The molecule has 1 unspecified atom stereocenters. The van der Waals surface area contributed by atoms with E-state index in [2.05, 4.69) is 20.3 Å². The number of benzene rings is 2. The van der Waals surface area contributed by atoms with E-state index in [1.165, 1.54) is 12.1 Å². The second kappa shape index (κ2) is 11.0. The molecule has 0 heterocycles. The summed E-state index contributed by atoms with van der Waals surface area (Å²) in [7, 11) is -1.99. The Kier molecular flexibility index (Phi) is 8.72. The first-order chi connectivity index (χ1) is 13.5. The van der Waals surface area contributed by atoms with E-state index in [9.17, 15) is 13.5 Å². The standard InChI is InChI=1S/C19H25ClN4O3S/c1-21-19(23-13-16(14-25)15-6-3-2-4-7-15)22-10-11-24-28(26,27)18-9-5-8-17(20)12-18/h2-9,12,16,24-25H,10-11,13-14H2,1H3,(H2,21,22,23).